The van der Waals surface area contributed by atoms with Crippen LogP contribution in [0.5, 0.6) is 0 Å². The van der Waals surface area contributed by atoms with Crippen LogP contribution in [0.3, 0.4) is 0 Å². The summed E-state index contributed by atoms with van der Waals surface area (Å²) in [5.41, 5.74) is 0. The van der Waals surface area contributed by atoms with Crippen LogP contribution in [-0.2, 0) is 33.2 Å². The van der Waals surface area contributed by atoms with Gasteiger partial charge in [0, 0.05) is 0 Å². The molecule has 0 aliphatic carbocycles. The number of carbonyl (C=O) groups is 1. The molecule has 0 atom stereocenters. The fraction of sp³-hybridized carbons (Fsp3) is 0. The standard InChI is InChI=1S/CH2O.ClH.Fe.Na.H2O3S/c1-2;;;;1-4(2)3/h1H2;1H;;;(H2,1,2,3)/q;;+2;+1;/p-3. The Balaban J connectivity index is -0.00000000990. The van der Waals surface area contributed by atoms with E-state index in [9.17, 15) is 0 Å². The molecule has 4 nitrogen and oxygen atoms in total. The largest absolute Gasteiger partial charge is 2.00 e. The van der Waals surface area contributed by atoms with Crippen LogP contribution in [0.1, 0.15) is 0 Å². The molecule has 0 aromatic carbocycles. The van der Waals surface area contributed by atoms with Crippen LogP contribution in [0.25, 0.3) is 0 Å². The molecule has 9 heavy (non-hydrogen) atoms. The molecule has 0 aromatic heterocycles. The molecule has 0 saturated carbocycles. The fourth-order valence-electron chi connectivity index (χ4n) is 0. The number of hydrogen-bond acceptors (Lipinski definition) is 4. The van der Waals surface area contributed by atoms with Crippen molar-refractivity contribution in [3.63, 3.8) is 0 Å². The van der Waals surface area contributed by atoms with Crippen molar-refractivity contribution >= 4 is 18.2 Å². The van der Waals surface area contributed by atoms with Crippen LogP contribution < -0.4 is 42.0 Å². The molecule has 0 N–H and O–H groups in total. The predicted octanol–water partition coefficient (Wildman–Crippen LogP) is -7.18. The van der Waals surface area contributed by atoms with E-state index in [1.165, 1.54) is 0 Å². The molecule has 0 bridgehead atoms. The molecule has 0 aromatic rings. The van der Waals surface area contributed by atoms with E-state index in [4.69, 9.17) is 18.1 Å². The third-order valence-corrected chi connectivity index (χ3v) is 0. The molecule has 52 valence electrons. The van der Waals surface area contributed by atoms with Gasteiger partial charge < -0.3 is 26.3 Å². The number of halogens is 1. The second-order valence-corrected chi connectivity index (χ2v) is 0.612. The topological polar surface area (TPSA) is 80.3 Å². The summed E-state index contributed by atoms with van der Waals surface area (Å²) in [5, 5.41) is 0. The molecule has 0 radical (unpaired) electrons. The van der Waals surface area contributed by atoms with Crippen LogP contribution in [-0.4, -0.2) is 20.1 Å². The summed E-state index contributed by atoms with van der Waals surface area (Å²) in [6.07, 6.45) is 0. The van der Waals surface area contributed by atoms with Gasteiger partial charge in [0.25, 0.3) is 0 Å². The molecule has 8 heteroatoms. The van der Waals surface area contributed by atoms with Crippen LogP contribution in [0.15, 0.2) is 0 Å². The van der Waals surface area contributed by atoms with Crippen LogP contribution in [0.4, 0.5) is 0 Å². The molecule has 0 fully saturated rings. The summed E-state index contributed by atoms with van der Waals surface area (Å²) < 4.78 is 25.3. The van der Waals surface area contributed by atoms with Gasteiger partial charge in [-0.15, -0.1) is 11.4 Å². The Morgan fingerprint density at radius 3 is 1.22 bits per heavy atom. The molecule has 0 rings (SSSR count). The van der Waals surface area contributed by atoms with E-state index in [-0.39, 0.29) is 59.0 Å². The minimum absolute atomic E-state index is 0. The number of rotatable bonds is 0. The van der Waals surface area contributed by atoms with Gasteiger partial charge in [0.2, 0.25) is 0 Å². The van der Waals surface area contributed by atoms with Crippen molar-refractivity contribution in [3.05, 3.63) is 0 Å². The quantitative estimate of drug-likeness (QED) is 0.302. The second-order valence-electron chi connectivity index (χ2n) is 0.204. The summed E-state index contributed by atoms with van der Waals surface area (Å²) in [4.78, 5) is 8.00. The SMILES string of the molecule is C=O.O=S([O-])[O-].[Cl-].[Fe+2].[Na+]. The van der Waals surface area contributed by atoms with Gasteiger partial charge in [0.1, 0.15) is 6.79 Å². The normalized spacial score (nSPS) is 4.33. The Labute approximate surface area is 94.4 Å². The van der Waals surface area contributed by atoms with Crippen molar-refractivity contribution in [2.24, 2.45) is 0 Å². The first kappa shape index (κ1) is 31.2. The maximum Gasteiger partial charge on any atom is 2.00 e. The Morgan fingerprint density at radius 1 is 1.22 bits per heavy atom. The Hall–Kier alpha value is 1.55. The smallest absolute Gasteiger partial charge is 1.00 e. The van der Waals surface area contributed by atoms with Crippen LogP contribution in [0, 0.1) is 0 Å². The van der Waals surface area contributed by atoms with Gasteiger partial charge in [-0.3, -0.25) is 4.21 Å². The predicted molar refractivity (Wildman–Crippen MR) is 16.8 cm³/mol. The van der Waals surface area contributed by atoms with Gasteiger partial charge >= 0.3 is 46.6 Å². The summed E-state index contributed by atoms with van der Waals surface area (Å²) in [6.45, 7) is 2.00. The molecule has 0 saturated heterocycles. The van der Waals surface area contributed by atoms with E-state index in [0.717, 1.165) is 0 Å². The first-order valence-corrected chi connectivity index (χ1v) is 1.79. The van der Waals surface area contributed by atoms with E-state index in [1.807, 2.05) is 6.79 Å². The van der Waals surface area contributed by atoms with Crippen LogP contribution >= 0.6 is 0 Å². The Morgan fingerprint density at radius 2 is 1.22 bits per heavy atom. The van der Waals surface area contributed by atoms with Gasteiger partial charge in [-0.1, -0.05) is 0 Å². The van der Waals surface area contributed by atoms with E-state index < -0.39 is 11.4 Å². The maximum absolute atomic E-state index is 8.44. The molecule has 0 aliphatic heterocycles. The molecular weight excluding hydrogens is 222 g/mol. The zero-order valence-electron chi connectivity index (χ0n) is 4.48. The van der Waals surface area contributed by atoms with E-state index in [1.54, 1.807) is 0 Å². The maximum atomic E-state index is 8.44. The minimum Gasteiger partial charge on any atom is -1.00 e. The number of carbonyl (C=O) groups excluding carboxylic acids is 1. The van der Waals surface area contributed by atoms with Crippen molar-refractivity contribution in [2.45, 2.75) is 0 Å². The average molecular weight is 224 g/mol. The molecule has 0 unspecified atom stereocenters. The molecular formula is CH2ClFeNaO4S. The van der Waals surface area contributed by atoms with Gasteiger partial charge in [-0.05, 0) is 0 Å². The Kier molecular flexibility index (Phi) is 117. The van der Waals surface area contributed by atoms with Gasteiger partial charge in [-0.25, -0.2) is 0 Å². The van der Waals surface area contributed by atoms with E-state index >= 15 is 0 Å². The van der Waals surface area contributed by atoms with Crippen molar-refractivity contribution in [1.82, 2.24) is 0 Å². The summed E-state index contributed by atoms with van der Waals surface area (Å²) >= 11 is -3.11. The Bertz CT molecular complexity index is 51.8. The fourth-order valence-corrected chi connectivity index (χ4v) is 0. The first-order valence-electron chi connectivity index (χ1n) is 0.789. The van der Waals surface area contributed by atoms with Gasteiger partial charge in [0.05, 0.1) is 0 Å². The van der Waals surface area contributed by atoms with Crippen LogP contribution in [0.2, 0.25) is 0 Å². The summed E-state index contributed by atoms with van der Waals surface area (Å²) in [6, 6.07) is 0. The zero-order valence-corrected chi connectivity index (χ0v) is 9.16. The van der Waals surface area contributed by atoms with Crippen molar-refractivity contribution < 1.29 is 77.1 Å². The molecule has 0 heterocycles. The third kappa shape index (κ3) is 227. The van der Waals surface area contributed by atoms with Gasteiger partial charge in [0.15, 0.2) is 0 Å². The molecule has 0 spiro atoms. The second kappa shape index (κ2) is 33.7. The van der Waals surface area contributed by atoms with Gasteiger partial charge in [-0.2, -0.15) is 0 Å². The monoisotopic (exact) mass is 224 g/mol. The summed E-state index contributed by atoms with van der Waals surface area (Å²) in [7, 11) is 0. The molecule has 0 amide bonds. The third-order valence-electron chi connectivity index (χ3n) is 0. The van der Waals surface area contributed by atoms with Crippen molar-refractivity contribution in [2.75, 3.05) is 0 Å². The average Bonchev–Trinajstić information content (AvgIpc) is 1.41. The first-order chi connectivity index (χ1) is 2.73. The van der Waals surface area contributed by atoms with Crippen molar-refractivity contribution in [1.29, 1.82) is 0 Å². The van der Waals surface area contributed by atoms with E-state index in [2.05, 4.69) is 0 Å². The minimum atomic E-state index is -3.11. The van der Waals surface area contributed by atoms with E-state index in [0.29, 0.717) is 0 Å². The number of hydrogen-bond donors (Lipinski definition) is 0. The van der Waals surface area contributed by atoms with Crippen molar-refractivity contribution in [3.8, 4) is 0 Å². The summed E-state index contributed by atoms with van der Waals surface area (Å²) in [5.74, 6) is 0. The zero-order chi connectivity index (χ0) is 5.58. The molecule has 0 aliphatic rings.